The average Bonchev–Trinajstić information content (AvgIpc) is 2.51. The summed E-state index contributed by atoms with van der Waals surface area (Å²) in [6.45, 7) is 3.44. The number of hydrogen-bond acceptors (Lipinski definition) is 5. The van der Waals surface area contributed by atoms with Crippen LogP contribution in [0.4, 0.5) is 0 Å². The van der Waals surface area contributed by atoms with Crippen molar-refractivity contribution in [2.45, 2.75) is 23.5 Å². The summed E-state index contributed by atoms with van der Waals surface area (Å²) in [4.78, 5) is 14.7. The fourth-order valence-corrected chi connectivity index (χ4v) is 3.00. The van der Waals surface area contributed by atoms with Crippen LogP contribution in [-0.2, 0) is 4.79 Å². The highest BCUT2D eigenvalue weighted by Gasteiger charge is 2.20. The van der Waals surface area contributed by atoms with Gasteiger partial charge in [-0.1, -0.05) is 0 Å². The molecular formula is C15H18N2O3S. The predicted molar refractivity (Wildman–Crippen MR) is 80.6 cm³/mol. The summed E-state index contributed by atoms with van der Waals surface area (Å²) in [6.07, 6.45) is 0.351. The lowest BCUT2D eigenvalue weighted by molar-refractivity contribution is -0.128. The molecule has 0 N–H and O–H groups in total. The Morgan fingerprint density at radius 2 is 2.14 bits per heavy atom. The van der Waals surface area contributed by atoms with Crippen molar-refractivity contribution < 1.29 is 14.3 Å². The van der Waals surface area contributed by atoms with Gasteiger partial charge in [-0.15, -0.1) is 11.8 Å². The second-order valence-electron chi connectivity index (χ2n) is 4.73. The standard InChI is InChI=1S/C15H18N2O3S/c1-11(15(18)17(2)7-3-6-16)21-12-4-5-13-14(10-12)20-9-8-19-13/h4-5,10-11H,3,7-9H2,1-2H3/t11-/m1/s1. The van der Waals surface area contributed by atoms with Gasteiger partial charge in [0.2, 0.25) is 5.91 Å². The molecule has 6 heteroatoms. The van der Waals surface area contributed by atoms with Gasteiger partial charge in [-0.2, -0.15) is 5.26 Å². The van der Waals surface area contributed by atoms with Crippen molar-refractivity contribution in [2.75, 3.05) is 26.8 Å². The largest absolute Gasteiger partial charge is 0.486 e. The van der Waals surface area contributed by atoms with Crippen LogP contribution < -0.4 is 9.47 Å². The molecule has 1 amide bonds. The van der Waals surface area contributed by atoms with E-state index in [9.17, 15) is 4.79 Å². The number of carbonyl (C=O) groups is 1. The highest BCUT2D eigenvalue weighted by Crippen LogP contribution is 2.35. The first-order chi connectivity index (χ1) is 10.1. The molecule has 1 aliphatic rings. The molecular weight excluding hydrogens is 288 g/mol. The van der Waals surface area contributed by atoms with E-state index in [0.717, 1.165) is 16.4 Å². The Morgan fingerprint density at radius 3 is 2.86 bits per heavy atom. The number of ether oxygens (including phenoxy) is 2. The van der Waals surface area contributed by atoms with E-state index in [4.69, 9.17) is 14.7 Å². The van der Waals surface area contributed by atoms with Gasteiger partial charge in [0, 0.05) is 18.5 Å². The van der Waals surface area contributed by atoms with Gasteiger partial charge in [-0.05, 0) is 25.1 Å². The summed E-state index contributed by atoms with van der Waals surface area (Å²) in [5, 5.41) is 8.35. The van der Waals surface area contributed by atoms with Gasteiger partial charge in [0.05, 0.1) is 17.7 Å². The van der Waals surface area contributed by atoms with Crippen LogP contribution in [-0.4, -0.2) is 42.9 Å². The Bertz CT molecular complexity index is 556. The molecule has 0 spiro atoms. The topological polar surface area (TPSA) is 62.6 Å². The van der Waals surface area contributed by atoms with Crippen LogP contribution in [0.2, 0.25) is 0 Å². The Morgan fingerprint density at radius 1 is 1.43 bits per heavy atom. The van der Waals surface area contributed by atoms with Crippen molar-refractivity contribution in [1.29, 1.82) is 5.26 Å². The molecule has 0 aliphatic carbocycles. The van der Waals surface area contributed by atoms with Gasteiger partial charge in [-0.3, -0.25) is 4.79 Å². The minimum absolute atomic E-state index is 0.0186. The van der Waals surface area contributed by atoms with Crippen LogP contribution in [0.25, 0.3) is 0 Å². The van der Waals surface area contributed by atoms with Crippen LogP contribution in [0.1, 0.15) is 13.3 Å². The maximum Gasteiger partial charge on any atom is 0.235 e. The number of fused-ring (bicyclic) bond motifs is 1. The monoisotopic (exact) mass is 306 g/mol. The van der Waals surface area contributed by atoms with Gasteiger partial charge in [-0.25, -0.2) is 0 Å². The van der Waals surface area contributed by atoms with Crippen molar-refractivity contribution >= 4 is 17.7 Å². The molecule has 0 unspecified atom stereocenters. The lowest BCUT2D eigenvalue weighted by Gasteiger charge is -2.21. The minimum atomic E-state index is -0.212. The fourth-order valence-electron chi connectivity index (χ4n) is 1.99. The van der Waals surface area contributed by atoms with Crippen molar-refractivity contribution in [3.8, 4) is 17.6 Å². The Balaban J connectivity index is 1.97. The van der Waals surface area contributed by atoms with Gasteiger partial charge in [0.1, 0.15) is 13.2 Å². The van der Waals surface area contributed by atoms with Gasteiger partial charge in [0.15, 0.2) is 11.5 Å². The van der Waals surface area contributed by atoms with E-state index in [-0.39, 0.29) is 11.2 Å². The number of hydrogen-bond donors (Lipinski definition) is 0. The SMILES string of the molecule is C[C@@H](Sc1ccc2c(c1)OCCO2)C(=O)N(C)CCC#N. The third-order valence-electron chi connectivity index (χ3n) is 3.11. The Labute approximate surface area is 128 Å². The number of nitriles is 1. The first-order valence-corrected chi connectivity index (χ1v) is 7.68. The molecule has 1 atom stereocenters. The van der Waals surface area contributed by atoms with E-state index in [2.05, 4.69) is 0 Å². The molecule has 1 aliphatic heterocycles. The van der Waals surface area contributed by atoms with Crippen LogP contribution in [0.5, 0.6) is 11.5 Å². The molecule has 0 aromatic heterocycles. The molecule has 2 rings (SSSR count). The molecule has 0 saturated heterocycles. The second-order valence-corrected chi connectivity index (χ2v) is 6.15. The molecule has 0 radical (unpaired) electrons. The average molecular weight is 306 g/mol. The first kappa shape index (κ1) is 15.5. The molecule has 0 fully saturated rings. The van der Waals surface area contributed by atoms with Gasteiger partial charge >= 0.3 is 0 Å². The summed E-state index contributed by atoms with van der Waals surface area (Å²) in [5.74, 6) is 1.49. The zero-order valence-electron chi connectivity index (χ0n) is 12.2. The molecule has 5 nitrogen and oxygen atoms in total. The van der Waals surface area contributed by atoms with E-state index in [0.29, 0.717) is 26.2 Å². The third-order valence-corrected chi connectivity index (χ3v) is 4.19. The normalized spacial score (nSPS) is 14.1. The Kier molecular flexibility index (Phi) is 5.34. The van der Waals surface area contributed by atoms with Gasteiger partial charge < -0.3 is 14.4 Å². The van der Waals surface area contributed by atoms with Crippen LogP contribution in [0.3, 0.4) is 0 Å². The lowest BCUT2D eigenvalue weighted by atomic mass is 10.3. The smallest absolute Gasteiger partial charge is 0.235 e. The third kappa shape index (κ3) is 4.05. The van der Waals surface area contributed by atoms with Crippen molar-refractivity contribution in [2.24, 2.45) is 0 Å². The van der Waals surface area contributed by atoms with Crippen LogP contribution in [0.15, 0.2) is 23.1 Å². The van der Waals surface area contributed by atoms with E-state index in [1.54, 1.807) is 11.9 Å². The van der Waals surface area contributed by atoms with E-state index < -0.39 is 0 Å². The zero-order chi connectivity index (χ0) is 15.2. The summed E-state index contributed by atoms with van der Waals surface area (Å²) >= 11 is 1.48. The van der Waals surface area contributed by atoms with Crippen molar-refractivity contribution in [3.05, 3.63) is 18.2 Å². The fraction of sp³-hybridized carbons (Fsp3) is 0.467. The summed E-state index contributed by atoms with van der Waals surface area (Å²) in [5.41, 5.74) is 0. The lowest BCUT2D eigenvalue weighted by Crippen LogP contribution is -2.33. The number of benzene rings is 1. The molecule has 1 aromatic carbocycles. The maximum atomic E-state index is 12.2. The number of nitrogens with zero attached hydrogens (tertiary/aromatic N) is 2. The van der Waals surface area contributed by atoms with Crippen LogP contribution >= 0.6 is 11.8 Å². The predicted octanol–water partition coefficient (Wildman–Crippen LogP) is 2.31. The highest BCUT2D eigenvalue weighted by atomic mass is 32.2. The molecule has 21 heavy (non-hydrogen) atoms. The molecule has 112 valence electrons. The molecule has 1 aromatic rings. The number of carbonyl (C=O) groups excluding carboxylic acids is 1. The summed E-state index contributed by atoms with van der Waals surface area (Å²) in [6, 6.07) is 7.74. The minimum Gasteiger partial charge on any atom is -0.486 e. The van der Waals surface area contributed by atoms with Crippen LogP contribution in [0, 0.1) is 11.3 Å². The van der Waals surface area contributed by atoms with E-state index in [1.807, 2.05) is 31.2 Å². The van der Waals surface area contributed by atoms with Gasteiger partial charge in [0.25, 0.3) is 0 Å². The number of rotatable bonds is 5. The summed E-state index contributed by atoms with van der Waals surface area (Å²) in [7, 11) is 1.72. The second kappa shape index (κ2) is 7.23. The molecule has 0 saturated carbocycles. The molecule has 0 bridgehead atoms. The first-order valence-electron chi connectivity index (χ1n) is 6.80. The quantitative estimate of drug-likeness (QED) is 0.781. The van der Waals surface area contributed by atoms with Crippen molar-refractivity contribution in [1.82, 2.24) is 4.90 Å². The Hall–Kier alpha value is -1.87. The van der Waals surface area contributed by atoms with E-state index >= 15 is 0 Å². The number of amides is 1. The highest BCUT2D eigenvalue weighted by molar-refractivity contribution is 8.00. The maximum absolute atomic E-state index is 12.2. The zero-order valence-corrected chi connectivity index (χ0v) is 13.0. The van der Waals surface area contributed by atoms with E-state index in [1.165, 1.54) is 11.8 Å². The molecule has 1 heterocycles. The van der Waals surface area contributed by atoms with Crippen molar-refractivity contribution in [3.63, 3.8) is 0 Å². The summed E-state index contributed by atoms with van der Waals surface area (Å²) < 4.78 is 11.0. The number of thioether (sulfide) groups is 1.